The third-order valence-electron chi connectivity index (χ3n) is 3.25. The molecule has 98 valence electrons. The number of aryl methyl sites for hydroxylation is 3. The van der Waals surface area contributed by atoms with Gasteiger partial charge in [-0.05, 0) is 27.7 Å². The highest BCUT2D eigenvalue weighted by Crippen LogP contribution is 2.10. The quantitative estimate of drug-likeness (QED) is 0.806. The molecule has 2 rings (SSSR count). The Balaban J connectivity index is 3.09. The molecule has 0 N–H and O–H groups in total. The van der Waals surface area contributed by atoms with E-state index in [1.807, 2.05) is 25.3 Å². The van der Waals surface area contributed by atoms with Crippen LogP contribution in [0.3, 0.4) is 0 Å². The standard InChI is InChI=1S/C12H18N4O2/c1-5-14-8(4)13-10-9(14)11(17)16(7-3)12(18)15(10)6-2/h5-7H2,1-4H3. The summed E-state index contributed by atoms with van der Waals surface area (Å²) in [6, 6.07) is 0. The van der Waals surface area contributed by atoms with E-state index in [9.17, 15) is 9.59 Å². The molecular formula is C12H18N4O2. The van der Waals surface area contributed by atoms with Crippen LogP contribution in [0.4, 0.5) is 0 Å². The fourth-order valence-corrected chi connectivity index (χ4v) is 2.35. The van der Waals surface area contributed by atoms with Crippen molar-refractivity contribution in [2.75, 3.05) is 0 Å². The van der Waals surface area contributed by atoms with Gasteiger partial charge < -0.3 is 4.57 Å². The molecule has 18 heavy (non-hydrogen) atoms. The molecule has 0 amide bonds. The normalized spacial score (nSPS) is 11.3. The minimum atomic E-state index is -0.279. The van der Waals surface area contributed by atoms with Crippen molar-refractivity contribution in [3.05, 3.63) is 26.7 Å². The van der Waals surface area contributed by atoms with Crippen molar-refractivity contribution in [2.45, 2.75) is 47.3 Å². The zero-order chi connectivity index (χ0) is 13.4. The molecule has 0 saturated carbocycles. The van der Waals surface area contributed by atoms with E-state index >= 15 is 0 Å². The summed E-state index contributed by atoms with van der Waals surface area (Å²) in [6.07, 6.45) is 0. The molecule has 0 bridgehead atoms. The predicted molar refractivity (Wildman–Crippen MR) is 70.0 cm³/mol. The SMILES string of the molecule is CCn1c(=O)c2c(nc(C)n2CC)n(CC)c1=O. The van der Waals surface area contributed by atoms with Gasteiger partial charge in [-0.1, -0.05) is 0 Å². The lowest BCUT2D eigenvalue weighted by Crippen LogP contribution is -2.40. The maximum absolute atomic E-state index is 12.3. The van der Waals surface area contributed by atoms with Crippen LogP contribution in [0.1, 0.15) is 26.6 Å². The summed E-state index contributed by atoms with van der Waals surface area (Å²) in [4.78, 5) is 28.8. The topological polar surface area (TPSA) is 61.8 Å². The number of rotatable bonds is 3. The molecule has 0 fully saturated rings. The molecule has 2 aromatic heterocycles. The Morgan fingerprint density at radius 1 is 0.944 bits per heavy atom. The molecule has 0 aliphatic carbocycles. The van der Waals surface area contributed by atoms with E-state index in [1.54, 1.807) is 11.5 Å². The first kappa shape index (κ1) is 12.6. The van der Waals surface area contributed by atoms with Crippen LogP contribution < -0.4 is 11.2 Å². The molecule has 0 saturated heterocycles. The number of fused-ring (bicyclic) bond motifs is 1. The van der Waals surface area contributed by atoms with E-state index in [2.05, 4.69) is 4.98 Å². The van der Waals surface area contributed by atoms with Crippen molar-refractivity contribution in [3.8, 4) is 0 Å². The number of hydrogen-bond donors (Lipinski definition) is 0. The van der Waals surface area contributed by atoms with Crippen molar-refractivity contribution >= 4 is 11.2 Å². The van der Waals surface area contributed by atoms with Crippen molar-refractivity contribution in [3.63, 3.8) is 0 Å². The average molecular weight is 250 g/mol. The van der Waals surface area contributed by atoms with Gasteiger partial charge in [-0.3, -0.25) is 13.9 Å². The van der Waals surface area contributed by atoms with Gasteiger partial charge in [-0.2, -0.15) is 0 Å². The van der Waals surface area contributed by atoms with Gasteiger partial charge in [-0.15, -0.1) is 0 Å². The Kier molecular flexibility index (Phi) is 3.11. The Labute approximate surface area is 104 Å². The average Bonchev–Trinajstić information content (AvgIpc) is 2.67. The third kappa shape index (κ3) is 1.52. The van der Waals surface area contributed by atoms with Gasteiger partial charge in [0, 0.05) is 19.6 Å². The van der Waals surface area contributed by atoms with Gasteiger partial charge in [-0.25, -0.2) is 9.78 Å². The molecule has 0 aliphatic heterocycles. The molecule has 6 heteroatoms. The highest BCUT2D eigenvalue weighted by atomic mass is 16.2. The summed E-state index contributed by atoms with van der Waals surface area (Å²) in [7, 11) is 0. The largest absolute Gasteiger partial charge is 0.332 e. The summed E-state index contributed by atoms with van der Waals surface area (Å²) < 4.78 is 4.67. The zero-order valence-corrected chi connectivity index (χ0v) is 11.2. The van der Waals surface area contributed by atoms with E-state index in [0.29, 0.717) is 30.8 Å². The zero-order valence-electron chi connectivity index (χ0n) is 11.2. The molecule has 6 nitrogen and oxygen atoms in total. The van der Waals surface area contributed by atoms with Crippen molar-refractivity contribution in [2.24, 2.45) is 0 Å². The molecule has 0 unspecified atom stereocenters. The number of hydrogen-bond acceptors (Lipinski definition) is 3. The lowest BCUT2D eigenvalue weighted by Gasteiger charge is -2.08. The maximum atomic E-state index is 12.3. The third-order valence-corrected chi connectivity index (χ3v) is 3.25. The Bertz CT molecular complexity index is 705. The first-order valence-electron chi connectivity index (χ1n) is 6.27. The molecular weight excluding hydrogens is 232 g/mol. The van der Waals surface area contributed by atoms with Crippen LogP contribution in [0.25, 0.3) is 11.2 Å². The minimum Gasteiger partial charge on any atom is -0.323 e. The van der Waals surface area contributed by atoms with Crippen LogP contribution in [0, 0.1) is 6.92 Å². The molecule has 0 aliphatic rings. The van der Waals surface area contributed by atoms with Gasteiger partial charge in [0.1, 0.15) is 5.82 Å². The summed E-state index contributed by atoms with van der Waals surface area (Å²) in [6.45, 7) is 9.05. The van der Waals surface area contributed by atoms with Gasteiger partial charge in [0.05, 0.1) is 0 Å². The second kappa shape index (κ2) is 4.44. The van der Waals surface area contributed by atoms with Gasteiger partial charge in [0.2, 0.25) is 0 Å². The Morgan fingerprint density at radius 2 is 1.50 bits per heavy atom. The van der Waals surface area contributed by atoms with Crippen molar-refractivity contribution in [1.82, 2.24) is 18.7 Å². The van der Waals surface area contributed by atoms with Crippen molar-refractivity contribution < 1.29 is 0 Å². The lowest BCUT2D eigenvalue weighted by molar-refractivity contribution is 0.602. The number of imidazole rings is 1. The number of nitrogens with zero attached hydrogens (tertiary/aromatic N) is 4. The van der Waals surface area contributed by atoms with Gasteiger partial charge >= 0.3 is 5.69 Å². The van der Waals surface area contributed by atoms with Crippen LogP contribution in [-0.2, 0) is 19.6 Å². The van der Waals surface area contributed by atoms with E-state index in [-0.39, 0.29) is 11.2 Å². The lowest BCUT2D eigenvalue weighted by atomic mass is 10.4. The van der Waals surface area contributed by atoms with E-state index < -0.39 is 0 Å². The second-order valence-electron chi connectivity index (χ2n) is 4.15. The molecule has 2 heterocycles. The van der Waals surface area contributed by atoms with E-state index in [1.165, 1.54) is 4.57 Å². The molecule has 0 spiro atoms. The summed E-state index contributed by atoms with van der Waals surface area (Å²) in [5, 5.41) is 0. The predicted octanol–water partition coefficient (Wildman–Crippen LogP) is 0.728. The Morgan fingerprint density at radius 3 is 2.00 bits per heavy atom. The maximum Gasteiger partial charge on any atom is 0.332 e. The second-order valence-corrected chi connectivity index (χ2v) is 4.15. The van der Waals surface area contributed by atoms with Crippen molar-refractivity contribution in [1.29, 1.82) is 0 Å². The van der Waals surface area contributed by atoms with Crippen LogP contribution in [0.15, 0.2) is 9.59 Å². The Hall–Kier alpha value is -1.85. The first-order valence-corrected chi connectivity index (χ1v) is 6.27. The highest BCUT2D eigenvalue weighted by molar-refractivity contribution is 5.71. The smallest absolute Gasteiger partial charge is 0.323 e. The summed E-state index contributed by atoms with van der Waals surface area (Å²) >= 11 is 0. The molecule has 0 radical (unpaired) electrons. The first-order chi connectivity index (χ1) is 8.56. The van der Waals surface area contributed by atoms with Crippen LogP contribution in [0.2, 0.25) is 0 Å². The van der Waals surface area contributed by atoms with Crippen LogP contribution >= 0.6 is 0 Å². The van der Waals surface area contributed by atoms with E-state index in [4.69, 9.17) is 0 Å². The highest BCUT2D eigenvalue weighted by Gasteiger charge is 2.17. The monoisotopic (exact) mass is 250 g/mol. The summed E-state index contributed by atoms with van der Waals surface area (Å²) in [5.41, 5.74) is 0.498. The minimum absolute atomic E-state index is 0.246. The van der Waals surface area contributed by atoms with Gasteiger partial charge in [0.25, 0.3) is 5.56 Å². The van der Waals surface area contributed by atoms with E-state index in [0.717, 1.165) is 5.82 Å². The van der Waals surface area contributed by atoms with Crippen LogP contribution in [0.5, 0.6) is 0 Å². The molecule has 2 aromatic rings. The van der Waals surface area contributed by atoms with Gasteiger partial charge in [0.15, 0.2) is 11.2 Å². The number of aromatic nitrogens is 4. The fraction of sp³-hybridized carbons (Fsp3) is 0.583. The summed E-state index contributed by atoms with van der Waals surface area (Å²) in [5.74, 6) is 0.764. The van der Waals surface area contributed by atoms with Crippen LogP contribution in [-0.4, -0.2) is 18.7 Å². The fourth-order valence-electron chi connectivity index (χ4n) is 2.35. The molecule has 0 aromatic carbocycles. The molecule has 0 atom stereocenters.